The van der Waals surface area contributed by atoms with E-state index in [1.165, 1.54) is 0 Å². The average molecular weight is 345 g/mol. The first kappa shape index (κ1) is 18.3. The summed E-state index contributed by atoms with van der Waals surface area (Å²) in [4.78, 5) is 21.5. The standard InChI is InChI=1S/C20H31N3O2/c1-22(16-17-8-3-6-13-21-17)18-9-7-14-23(15-10-18)19(24)20(25)11-4-2-5-12-20/h3,6,8,13,18,25H,2,4-5,7,9-12,14-16H2,1H3. The minimum absolute atomic E-state index is 0.0276. The lowest BCUT2D eigenvalue weighted by atomic mass is 9.83. The number of likely N-dealkylation sites (tertiary alicyclic amines) is 1. The molecule has 1 amide bonds. The Morgan fingerprint density at radius 2 is 2.04 bits per heavy atom. The van der Waals surface area contributed by atoms with Gasteiger partial charge in [0.25, 0.3) is 5.91 Å². The fourth-order valence-electron chi connectivity index (χ4n) is 4.24. The number of carbonyl (C=O) groups excluding carboxylic acids is 1. The van der Waals surface area contributed by atoms with Crippen LogP contribution in [0.25, 0.3) is 0 Å². The molecule has 1 atom stereocenters. The molecular weight excluding hydrogens is 314 g/mol. The maximum absolute atomic E-state index is 12.8. The monoisotopic (exact) mass is 345 g/mol. The van der Waals surface area contributed by atoms with Crippen molar-refractivity contribution >= 4 is 5.91 Å². The number of amides is 1. The molecule has 1 aromatic rings. The van der Waals surface area contributed by atoms with Gasteiger partial charge in [-0.2, -0.15) is 0 Å². The summed E-state index contributed by atoms with van der Waals surface area (Å²) in [7, 11) is 2.14. The van der Waals surface area contributed by atoms with Crippen LogP contribution in [0.15, 0.2) is 24.4 Å². The van der Waals surface area contributed by atoms with Gasteiger partial charge >= 0.3 is 0 Å². The Balaban J connectivity index is 1.55. The van der Waals surface area contributed by atoms with Crippen LogP contribution in [0.4, 0.5) is 0 Å². The van der Waals surface area contributed by atoms with Crippen molar-refractivity contribution in [2.45, 2.75) is 69.6 Å². The molecule has 5 heteroatoms. The molecule has 0 bridgehead atoms. The lowest BCUT2D eigenvalue weighted by molar-refractivity contribution is -0.154. The predicted octanol–water partition coefficient (Wildman–Crippen LogP) is 2.59. The van der Waals surface area contributed by atoms with E-state index < -0.39 is 5.60 Å². The minimum Gasteiger partial charge on any atom is -0.380 e. The summed E-state index contributed by atoms with van der Waals surface area (Å²) in [6.45, 7) is 2.36. The van der Waals surface area contributed by atoms with Gasteiger partial charge in [0.05, 0.1) is 5.69 Å². The highest BCUT2D eigenvalue weighted by atomic mass is 16.3. The number of hydrogen-bond donors (Lipinski definition) is 1. The van der Waals surface area contributed by atoms with Crippen LogP contribution >= 0.6 is 0 Å². The van der Waals surface area contributed by atoms with Gasteiger partial charge < -0.3 is 10.0 Å². The van der Waals surface area contributed by atoms with Gasteiger partial charge in [0.15, 0.2) is 0 Å². The van der Waals surface area contributed by atoms with E-state index in [2.05, 4.69) is 23.0 Å². The van der Waals surface area contributed by atoms with E-state index in [0.717, 1.165) is 63.9 Å². The first-order valence-corrected chi connectivity index (χ1v) is 9.70. The smallest absolute Gasteiger partial charge is 0.254 e. The quantitative estimate of drug-likeness (QED) is 0.911. The van der Waals surface area contributed by atoms with Gasteiger partial charge in [-0.1, -0.05) is 25.3 Å². The molecule has 1 unspecified atom stereocenters. The topological polar surface area (TPSA) is 56.7 Å². The van der Waals surface area contributed by atoms with Crippen LogP contribution in [0.2, 0.25) is 0 Å². The second-order valence-electron chi connectivity index (χ2n) is 7.71. The molecule has 1 saturated carbocycles. The fourth-order valence-corrected chi connectivity index (χ4v) is 4.24. The second kappa shape index (κ2) is 8.28. The van der Waals surface area contributed by atoms with E-state index >= 15 is 0 Å². The number of aromatic nitrogens is 1. The normalized spacial score (nSPS) is 24.1. The van der Waals surface area contributed by atoms with Crippen LogP contribution in [0, 0.1) is 0 Å². The zero-order valence-electron chi connectivity index (χ0n) is 15.4. The fraction of sp³-hybridized carbons (Fsp3) is 0.700. The van der Waals surface area contributed by atoms with E-state index in [1.807, 2.05) is 23.2 Å². The number of rotatable bonds is 4. The first-order valence-electron chi connectivity index (χ1n) is 9.70. The van der Waals surface area contributed by atoms with Gasteiger partial charge in [-0.15, -0.1) is 0 Å². The Labute approximate surface area is 151 Å². The Bertz CT molecular complexity index is 557. The van der Waals surface area contributed by atoms with E-state index in [1.54, 1.807) is 0 Å². The number of carbonyl (C=O) groups is 1. The highest BCUT2D eigenvalue weighted by Gasteiger charge is 2.40. The van der Waals surface area contributed by atoms with Crippen molar-refractivity contribution in [3.8, 4) is 0 Å². The molecule has 2 fully saturated rings. The first-order chi connectivity index (χ1) is 12.1. The van der Waals surface area contributed by atoms with Gasteiger partial charge in [-0.3, -0.25) is 14.7 Å². The van der Waals surface area contributed by atoms with Crippen molar-refractivity contribution < 1.29 is 9.90 Å². The Hall–Kier alpha value is -1.46. The molecule has 3 rings (SSSR count). The van der Waals surface area contributed by atoms with Gasteiger partial charge in [0.1, 0.15) is 5.60 Å². The zero-order chi connectivity index (χ0) is 17.7. The summed E-state index contributed by atoms with van der Waals surface area (Å²) in [5.74, 6) is -0.0276. The van der Waals surface area contributed by atoms with Crippen molar-refractivity contribution in [3.63, 3.8) is 0 Å². The molecule has 25 heavy (non-hydrogen) atoms. The van der Waals surface area contributed by atoms with Gasteiger partial charge in [-0.05, 0) is 51.3 Å². The number of pyridine rings is 1. The summed E-state index contributed by atoms with van der Waals surface area (Å²) in [5.41, 5.74) is -0.0171. The largest absolute Gasteiger partial charge is 0.380 e. The molecule has 2 aliphatic rings. The molecular formula is C20H31N3O2. The molecule has 1 aromatic heterocycles. The molecule has 0 radical (unpaired) electrons. The molecule has 1 aliphatic heterocycles. The van der Waals surface area contributed by atoms with Crippen molar-refractivity contribution in [3.05, 3.63) is 30.1 Å². The van der Waals surface area contributed by atoms with Crippen LogP contribution < -0.4 is 0 Å². The minimum atomic E-state index is -1.10. The summed E-state index contributed by atoms with van der Waals surface area (Å²) in [6.07, 6.45) is 9.21. The third-order valence-electron chi connectivity index (χ3n) is 5.82. The van der Waals surface area contributed by atoms with E-state index in [0.29, 0.717) is 18.9 Å². The summed E-state index contributed by atoms with van der Waals surface area (Å²) < 4.78 is 0. The van der Waals surface area contributed by atoms with Crippen molar-refractivity contribution in [1.82, 2.24) is 14.8 Å². The maximum Gasteiger partial charge on any atom is 0.254 e. The lowest BCUT2D eigenvalue weighted by Crippen LogP contribution is -2.50. The summed E-state index contributed by atoms with van der Waals surface area (Å²) in [5, 5.41) is 10.7. The van der Waals surface area contributed by atoms with E-state index in [4.69, 9.17) is 0 Å². The van der Waals surface area contributed by atoms with Crippen molar-refractivity contribution in [1.29, 1.82) is 0 Å². The van der Waals surface area contributed by atoms with E-state index in [9.17, 15) is 9.90 Å². The Morgan fingerprint density at radius 3 is 2.76 bits per heavy atom. The maximum atomic E-state index is 12.8. The van der Waals surface area contributed by atoms with Crippen LogP contribution in [-0.4, -0.2) is 57.6 Å². The highest BCUT2D eigenvalue weighted by molar-refractivity contribution is 5.85. The summed E-state index contributed by atoms with van der Waals surface area (Å²) >= 11 is 0. The Kier molecular flexibility index (Phi) is 6.07. The summed E-state index contributed by atoms with van der Waals surface area (Å²) in [6, 6.07) is 6.48. The number of hydrogen-bond acceptors (Lipinski definition) is 4. The average Bonchev–Trinajstić information content (AvgIpc) is 2.89. The third kappa shape index (κ3) is 4.59. The Morgan fingerprint density at radius 1 is 1.24 bits per heavy atom. The van der Waals surface area contributed by atoms with Crippen molar-refractivity contribution in [2.75, 3.05) is 20.1 Å². The molecule has 1 aliphatic carbocycles. The van der Waals surface area contributed by atoms with E-state index in [-0.39, 0.29) is 5.91 Å². The predicted molar refractivity (Wildman–Crippen MR) is 98.0 cm³/mol. The van der Waals surface area contributed by atoms with Crippen LogP contribution in [0.5, 0.6) is 0 Å². The SMILES string of the molecule is CN(Cc1ccccn1)C1CCCN(C(=O)C2(O)CCCCC2)CC1. The van der Waals surface area contributed by atoms with Crippen molar-refractivity contribution in [2.24, 2.45) is 0 Å². The molecule has 138 valence electrons. The number of nitrogens with zero attached hydrogens (tertiary/aromatic N) is 3. The second-order valence-corrected chi connectivity index (χ2v) is 7.71. The van der Waals surface area contributed by atoms with Gasteiger partial charge in [0.2, 0.25) is 0 Å². The van der Waals surface area contributed by atoms with Gasteiger partial charge in [-0.25, -0.2) is 0 Å². The molecule has 5 nitrogen and oxygen atoms in total. The van der Waals surface area contributed by atoms with Crippen LogP contribution in [0.3, 0.4) is 0 Å². The molecule has 1 saturated heterocycles. The highest BCUT2D eigenvalue weighted by Crippen LogP contribution is 2.31. The molecule has 1 N–H and O–H groups in total. The van der Waals surface area contributed by atoms with Crippen LogP contribution in [0.1, 0.15) is 57.1 Å². The third-order valence-corrected chi connectivity index (χ3v) is 5.82. The van der Waals surface area contributed by atoms with Gasteiger partial charge in [0, 0.05) is 31.9 Å². The lowest BCUT2D eigenvalue weighted by Gasteiger charge is -2.35. The zero-order valence-corrected chi connectivity index (χ0v) is 15.4. The molecule has 0 spiro atoms. The molecule has 0 aromatic carbocycles. The number of aliphatic hydroxyl groups is 1. The van der Waals surface area contributed by atoms with Crippen LogP contribution in [-0.2, 0) is 11.3 Å². The molecule has 2 heterocycles.